The third-order valence-electron chi connectivity index (χ3n) is 4.60. The van der Waals surface area contributed by atoms with E-state index in [4.69, 9.17) is 0 Å². The number of rotatable bonds is 7. The summed E-state index contributed by atoms with van der Waals surface area (Å²) in [5.41, 5.74) is 1.82. The molecule has 1 aromatic rings. The quantitative estimate of drug-likeness (QED) is 0.808. The summed E-state index contributed by atoms with van der Waals surface area (Å²) in [6.45, 7) is 10.6. The van der Waals surface area contributed by atoms with Gasteiger partial charge >= 0.3 is 0 Å². The van der Waals surface area contributed by atoms with Crippen molar-refractivity contribution in [3.63, 3.8) is 0 Å². The molecule has 0 radical (unpaired) electrons. The maximum Gasteiger partial charge on any atom is 0.0332 e. The monoisotopic (exact) mass is 274 g/mol. The number of hydrogen-bond donors (Lipinski definition) is 1. The molecule has 1 aliphatic heterocycles. The van der Waals surface area contributed by atoms with Gasteiger partial charge in [0.05, 0.1) is 0 Å². The van der Waals surface area contributed by atoms with E-state index >= 15 is 0 Å². The fourth-order valence-electron chi connectivity index (χ4n) is 3.25. The zero-order valence-electron chi connectivity index (χ0n) is 13.4. The summed E-state index contributed by atoms with van der Waals surface area (Å²) in [5.74, 6) is 0. The highest BCUT2D eigenvalue weighted by Gasteiger charge is 2.31. The second-order valence-corrected chi connectivity index (χ2v) is 6.61. The van der Waals surface area contributed by atoms with Crippen LogP contribution >= 0.6 is 0 Å². The Kier molecular flexibility index (Phi) is 5.62. The third kappa shape index (κ3) is 4.07. The van der Waals surface area contributed by atoms with Crippen LogP contribution < -0.4 is 5.32 Å². The molecule has 1 heterocycles. The SMILES string of the molecule is CCCNC(CCN1CCCC1(C)C)c1ccccc1. The minimum atomic E-state index is 0.395. The van der Waals surface area contributed by atoms with E-state index in [1.54, 1.807) is 0 Å². The molecule has 0 aromatic heterocycles. The van der Waals surface area contributed by atoms with E-state index in [0.717, 1.165) is 6.54 Å². The van der Waals surface area contributed by atoms with Crippen LogP contribution in [0.25, 0.3) is 0 Å². The van der Waals surface area contributed by atoms with Crippen molar-refractivity contribution in [3.8, 4) is 0 Å². The summed E-state index contributed by atoms with van der Waals surface area (Å²) in [7, 11) is 0. The molecule has 1 fully saturated rings. The molecule has 1 unspecified atom stereocenters. The Balaban J connectivity index is 1.94. The van der Waals surface area contributed by atoms with Crippen molar-refractivity contribution in [3.05, 3.63) is 35.9 Å². The minimum Gasteiger partial charge on any atom is -0.310 e. The lowest BCUT2D eigenvalue weighted by Crippen LogP contribution is -2.40. The van der Waals surface area contributed by atoms with Crippen LogP contribution in [0.2, 0.25) is 0 Å². The van der Waals surface area contributed by atoms with E-state index in [1.165, 1.54) is 44.3 Å². The average Bonchev–Trinajstić information content (AvgIpc) is 2.79. The van der Waals surface area contributed by atoms with Crippen molar-refractivity contribution >= 4 is 0 Å². The van der Waals surface area contributed by atoms with Crippen LogP contribution in [0.1, 0.15) is 58.1 Å². The summed E-state index contributed by atoms with van der Waals surface area (Å²) in [4.78, 5) is 2.66. The molecule has 0 saturated carbocycles. The lowest BCUT2D eigenvalue weighted by atomic mass is 10.00. The molecule has 1 N–H and O–H groups in total. The van der Waals surface area contributed by atoms with E-state index in [2.05, 4.69) is 61.3 Å². The molecule has 1 atom stereocenters. The predicted molar refractivity (Wildman–Crippen MR) is 87.0 cm³/mol. The summed E-state index contributed by atoms with van der Waals surface area (Å²) in [6, 6.07) is 11.4. The maximum atomic E-state index is 3.71. The topological polar surface area (TPSA) is 15.3 Å². The molecule has 0 spiro atoms. The van der Waals surface area contributed by atoms with Gasteiger partial charge in [-0.25, -0.2) is 0 Å². The summed E-state index contributed by atoms with van der Waals surface area (Å²) in [5, 5.41) is 3.71. The van der Waals surface area contributed by atoms with Gasteiger partial charge in [0.1, 0.15) is 0 Å². The van der Waals surface area contributed by atoms with Gasteiger partial charge in [-0.05, 0) is 58.2 Å². The zero-order chi connectivity index (χ0) is 14.4. The van der Waals surface area contributed by atoms with Gasteiger partial charge in [0, 0.05) is 18.1 Å². The fraction of sp³-hybridized carbons (Fsp3) is 0.667. The van der Waals surface area contributed by atoms with Crippen LogP contribution in [0.15, 0.2) is 30.3 Å². The molecule has 20 heavy (non-hydrogen) atoms. The number of likely N-dealkylation sites (tertiary alicyclic amines) is 1. The average molecular weight is 274 g/mol. The van der Waals surface area contributed by atoms with Crippen LogP contribution in [0.4, 0.5) is 0 Å². The lowest BCUT2D eigenvalue weighted by molar-refractivity contribution is 0.166. The van der Waals surface area contributed by atoms with Crippen LogP contribution in [-0.4, -0.2) is 30.1 Å². The Hall–Kier alpha value is -0.860. The highest BCUT2D eigenvalue weighted by molar-refractivity contribution is 5.18. The van der Waals surface area contributed by atoms with E-state index < -0.39 is 0 Å². The van der Waals surface area contributed by atoms with Gasteiger partial charge in [-0.2, -0.15) is 0 Å². The molecular formula is C18H30N2. The molecule has 112 valence electrons. The first-order chi connectivity index (χ1) is 9.63. The van der Waals surface area contributed by atoms with Crippen LogP contribution in [0.5, 0.6) is 0 Å². The van der Waals surface area contributed by atoms with Gasteiger partial charge in [0.2, 0.25) is 0 Å². The van der Waals surface area contributed by atoms with Crippen LogP contribution in [0, 0.1) is 0 Å². The maximum absolute atomic E-state index is 3.71. The van der Waals surface area contributed by atoms with Crippen LogP contribution in [-0.2, 0) is 0 Å². The van der Waals surface area contributed by atoms with Crippen LogP contribution in [0.3, 0.4) is 0 Å². The summed E-state index contributed by atoms with van der Waals surface area (Å²) >= 11 is 0. The molecule has 0 aliphatic carbocycles. The Morgan fingerprint density at radius 2 is 2.00 bits per heavy atom. The molecule has 1 aromatic carbocycles. The summed E-state index contributed by atoms with van der Waals surface area (Å²) < 4.78 is 0. The predicted octanol–water partition coefficient (Wildman–Crippen LogP) is 3.99. The fourth-order valence-corrected chi connectivity index (χ4v) is 3.25. The second kappa shape index (κ2) is 7.24. The molecule has 0 amide bonds. The lowest BCUT2D eigenvalue weighted by Gasteiger charge is -2.33. The second-order valence-electron chi connectivity index (χ2n) is 6.61. The largest absolute Gasteiger partial charge is 0.310 e. The standard InChI is InChI=1S/C18H30N2/c1-4-13-19-17(16-9-6-5-7-10-16)11-15-20-14-8-12-18(20,2)3/h5-7,9-10,17,19H,4,8,11-15H2,1-3H3. The molecule has 1 saturated heterocycles. The van der Waals surface area contributed by atoms with Gasteiger partial charge in [-0.15, -0.1) is 0 Å². The van der Waals surface area contributed by atoms with Gasteiger partial charge in [0.15, 0.2) is 0 Å². The first-order valence-corrected chi connectivity index (χ1v) is 8.17. The van der Waals surface area contributed by atoms with Crippen molar-refractivity contribution in [1.82, 2.24) is 10.2 Å². The van der Waals surface area contributed by atoms with Gasteiger partial charge < -0.3 is 5.32 Å². The Morgan fingerprint density at radius 1 is 1.25 bits per heavy atom. The number of hydrogen-bond acceptors (Lipinski definition) is 2. The van der Waals surface area contributed by atoms with Crippen molar-refractivity contribution in [1.29, 1.82) is 0 Å². The third-order valence-corrected chi connectivity index (χ3v) is 4.60. The van der Waals surface area contributed by atoms with Gasteiger partial charge in [0.25, 0.3) is 0 Å². The van der Waals surface area contributed by atoms with E-state index in [-0.39, 0.29) is 0 Å². The number of benzene rings is 1. The van der Waals surface area contributed by atoms with E-state index in [1.807, 2.05) is 0 Å². The zero-order valence-corrected chi connectivity index (χ0v) is 13.4. The Morgan fingerprint density at radius 3 is 2.60 bits per heavy atom. The first kappa shape index (κ1) is 15.5. The van der Waals surface area contributed by atoms with Crippen molar-refractivity contribution in [2.24, 2.45) is 0 Å². The minimum absolute atomic E-state index is 0.395. The van der Waals surface area contributed by atoms with Gasteiger partial charge in [-0.3, -0.25) is 4.90 Å². The van der Waals surface area contributed by atoms with Crippen molar-refractivity contribution in [2.75, 3.05) is 19.6 Å². The smallest absolute Gasteiger partial charge is 0.0332 e. The highest BCUT2D eigenvalue weighted by atomic mass is 15.2. The Bertz CT molecular complexity index is 386. The van der Waals surface area contributed by atoms with E-state index in [0.29, 0.717) is 11.6 Å². The highest BCUT2D eigenvalue weighted by Crippen LogP contribution is 2.29. The Labute approximate surface area is 124 Å². The molecule has 0 bridgehead atoms. The number of nitrogens with zero attached hydrogens (tertiary/aromatic N) is 1. The summed E-state index contributed by atoms with van der Waals surface area (Å²) in [6.07, 6.45) is 5.09. The first-order valence-electron chi connectivity index (χ1n) is 8.17. The molecule has 2 heteroatoms. The molecule has 1 aliphatic rings. The van der Waals surface area contributed by atoms with E-state index in [9.17, 15) is 0 Å². The molecular weight excluding hydrogens is 244 g/mol. The normalized spacial score (nSPS) is 20.1. The van der Waals surface area contributed by atoms with Crippen molar-refractivity contribution in [2.45, 2.75) is 58.0 Å². The molecule has 2 rings (SSSR count). The number of nitrogens with one attached hydrogen (secondary N) is 1. The van der Waals surface area contributed by atoms with Gasteiger partial charge in [-0.1, -0.05) is 37.3 Å². The van der Waals surface area contributed by atoms with Crippen molar-refractivity contribution < 1.29 is 0 Å². The molecule has 2 nitrogen and oxygen atoms in total.